The molecule has 0 nitrogen and oxygen atoms in total. The highest BCUT2D eigenvalue weighted by molar-refractivity contribution is 5.72. The summed E-state index contributed by atoms with van der Waals surface area (Å²) in [5, 5.41) is 0. The third-order valence-electron chi connectivity index (χ3n) is 6.27. The molecule has 1 saturated carbocycles. The van der Waals surface area contributed by atoms with E-state index in [2.05, 4.69) is 106 Å². The zero-order valence-corrected chi connectivity index (χ0v) is 18.8. The summed E-state index contributed by atoms with van der Waals surface area (Å²) in [7, 11) is 0. The van der Waals surface area contributed by atoms with E-state index in [0.29, 0.717) is 5.92 Å². The van der Waals surface area contributed by atoms with E-state index in [9.17, 15) is 0 Å². The molecular weight excluding hydrogens is 372 g/mol. The first-order valence-electron chi connectivity index (χ1n) is 11.3. The highest BCUT2D eigenvalue weighted by Crippen LogP contribution is 2.35. The smallest absolute Gasteiger partial charge is 0.00636 e. The molecule has 156 valence electrons. The molecular formula is C31H32. The van der Waals surface area contributed by atoms with Crippen LogP contribution in [0.4, 0.5) is 0 Å². The maximum absolute atomic E-state index is 4.28. The van der Waals surface area contributed by atoms with Crippen molar-refractivity contribution in [1.29, 1.82) is 0 Å². The number of allylic oxidation sites excluding steroid dienone is 3. The fourth-order valence-electron chi connectivity index (χ4n) is 4.33. The molecule has 31 heavy (non-hydrogen) atoms. The average molecular weight is 405 g/mol. The summed E-state index contributed by atoms with van der Waals surface area (Å²) in [4.78, 5) is 0. The van der Waals surface area contributed by atoms with Gasteiger partial charge in [-0.1, -0.05) is 105 Å². The van der Waals surface area contributed by atoms with E-state index in [1.807, 2.05) is 0 Å². The summed E-state index contributed by atoms with van der Waals surface area (Å²) in [6.45, 7) is 12.9. The lowest BCUT2D eigenvalue weighted by atomic mass is 9.92. The molecule has 1 aliphatic carbocycles. The summed E-state index contributed by atoms with van der Waals surface area (Å²) < 4.78 is 0. The molecule has 0 spiro atoms. The molecule has 0 radical (unpaired) electrons. The second kappa shape index (κ2) is 9.35. The van der Waals surface area contributed by atoms with Gasteiger partial charge in [-0.15, -0.1) is 0 Å². The number of benzene rings is 3. The molecule has 0 atom stereocenters. The van der Waals surface area contributed by atoms with E-state index < -0.39 is 0 Å². The second-order valence-corrected chi connectivity index (χ2v) is 9.05. The van der Waals surface area contributed by atoms with Crippen molar-refractivity contribution in [3.8, 4) is 11.1 Å². The minimum atomic E-state index is 0.552. The van der Waals surface area contributed by atoms with Crippen LogP contribution < -0.4 is 0 Å². The van der Waals surface area contributed by atoms with Crippen molar-refractivity contribution < 1.29 is 0 Å². The molecule has 0 N–H and O–H groups in total. The normalized spacial score (nSPS) is 15.3. The molecule has 1 fully saturated rings. The molecule has 0 unspecified atom stereocenters. The third-order valence-corrected chi connectivity index (χ3v) is 6.27. The Hall–Kier alpha value is -3.12. The van der Waals surface area contributed by atoms with E-state index in [0.717, 1.165) is 25.7 Å². The van der Waals surface area contributed by atoms with Crippen molar-refractivity contribution in [2.75, 3.05) is 0 Å². The Morgan fingerprint density at radius 2 is 1.52 bits per heavy atom. The van der Waals surface area contributed by atoms with Crippen molar-refractivity contribution in [2.24, 2.45) is 0 Å². The van der Waals surface area contributed by atoms with Gasteiger partial charge in [0.05, 0.1) is 0 Å². The van der Waals surface area contributed by atoms with Crippen LogP contribution >= 0.6 is 0 Å². The van der Waals surface area contributed by atoms with Crippen LogP contribution in [-0.4, -0.2) is 0 Å². The zero-order valence-electron chi connectivity index (χ0n) is 18.8. The van der Waals surface area contributed by atoms with Gasteiger partial charge >= 0.3 is 0 Å². The van der Waals surface area contributed by atoms with Crippen LogP contribution in [0.2, 0.25) is 0 Å². The van der Waals surface area contributed by atoms with Gasteiger partial charge < -0.3 is 0 Å². The first kappa shape index (κ1) is 21.1. The summed E-state index contributed by atoms with van der Waals surface area (Å²) in [5.41, 5.74) is 11.8. The Morgan fingerprint density at radius 3 is 2.16 bits per heavy atom. The molecule has 4 rings (SSSR count). The van der Waals surface area contributed by atoms with Crippen LogP contribution in [0.25, 0.3) is 17.2 Å². The van der Waals surface area contributed by atoms with Crippen molar-refractivity contribution in [3.63, 3.8) is 0 Å². The molecule has 0 bridgehead atoms. The molecule has 3 aromatic carbocycles. The molecule has 1 aliphatic rings. The van der Waals surface area contributed by atoms with Gasteiger partial charge in [0.1, 0.15) is 0 Å². The van der Waals surface area contributed by atoms with E-state index in [1.165, 1.54) is 50.1 Å². The predicted octanol–water partition coefficient (Wildman–Crippen LogP) is 8.55. The van der Waals surface area contributed by atoms with E-state index >= 15 is 0 Å². The third kappa shape index (κ3) is 5.14. The van der Waals surface area contributed by atoms with E-state index in [-0.39, 0.29) is 0 Å². The summed E-state index contributed by atoms with van der Waals surface area (Å²) in [6, 6.07) is 26.7. The Kier molecular flexibility index (Phi) is 6.37. The van der Waals surface area contributed by atoms with Gasteiger partial charge in [-0.2, -0.15) is 0 Å². The largest absolute Gasteiger partial charge is 0.0992 e. The van der Waals surface area contributed by atoms with Crippen LogP contribution in [0.5, 0.6) is 0 Å². The molecule has 0 heterocycles. The van der Waals surface area contributed by atoms with Gasteiger partial charge in [0.2, 0.25) is 0 Å². The zero-order chi connectivity index (χ0) is 21.8. The highest BCUT2D eigenvalue weighted by Gasteiger charge is 2.16. The lowest BCUT2D eigenvalue weighted by Crippen LogP contribution is -1.96. The molecule has 0 heteroatoms. The van der Waals surface area contributed by atoms with Crippen molar-refractivity contribution in [2.45, 2.75) is 45.4 Å². The molecule has 0 aromatic heterocycles. The Morgan fingerprint density at radius 1 is 0.806 bits per heavy atom. The average Bonchev–Trinajstić information content (AvgIpc) is 3.10. The highest BCUT2D eigenvalue weighted by atomic mass is 14.2. The van der Waals surface area contributed by atoms with Gasteiger partial charge in [0.15, 0.2) is 0 Å². The summed E-state index contributed by atoms with van der Waals surface area (Å²) in [6.07, 6.45) is 6.31. The quantitative estimate of drug-likeness (QED) is 0.361. The number of hydrogen-bond acceptors (Lipinski definition) is 0. The molecule has 0 aliphatic heterocycles. The maximum atomic E-state index is 4.28. The Balaban J connectivity index is 1.68. The van der Waals surface area contributed by atoms with Gasteiger partial charge in [0.25, 0.3) is 0 Å². The van der Waals surface area contributed by atoms with Crippen molar-refractivity contribution >= 4 is 6.08 Å². The monoisotopic (exact) mass is 404 g/mol. The maximum Gasteiger partial charge on any atom is -0.00636 e. The van der Waals surface area contributed by atoms with Crippen LogP contribution in [0.15, 0.2) is 103 Å². The van der Waals surface area contributed by atoms with Crippen LogP contribution in [0.1, 0.15) is 54.9 Å². The Labute approximate surface area is 187 Å². The van der Waals surface area contributed by atoms with E-state index in [1.54, 1.807) is 0 Å². The topological polar surface area (TPSA) is 0 Å². The molecule has 3 aromatic rings. The van der Waals surface area contributed by atoms with Crippen molar-refractivity contribution in [3.05, 3.63) is 125 Å². The molecule has 0 saturated heterocycles. The predicted molar refractivity (Wildman–Crippen MR) is 135 cm³/mol. The first-order valence-corrected chi connectivity index (χ1v) is 11.3. The van der Waals surface area contributed by atoms with Gasteiger partial charge in [-0.25, -0.2) is 0 Å². The minimum Gasteiger partial charge on any atom is -0.0992 e. The van der Waals surface area contributed by atoms with Crippen molar-refractivity contribution in [1.82, 2.24) is 0 Å². The SMILES string of the molecule is C=C1CC(=C)/C(=C/c2cc(-c3ccc(C(C)C)cc3)ccc2CCc2ccccc2)C1. The summed E-state index contributed by atoms with van der Waals surface area (Å²) in [5.74, 6) is 0.552. The lowest BCUT2D eigenvalue weighted by Gasteiger charge is -2.12. The minimum absolute atomic E-state index is 0.552. The van der Waals surface area contributed by atoms with Gasteiger partial charge in [0, 0.05) is 0 Å². The van der Waals surface area contributed by atoms with Crippen LogP contribution in [0, 0.1) is 0 Å². The second-order valence-electron chi connectivity index (χ2n) is 9.05. The van der Waals surface area contributed by atoms with Gasteiger partial charge in [-0.05, 0) is 82.2 Å². The Bertz CT molecular complexity index is 1110. The number of hydrogen-bond donors (Lipinski definition) is 0. The fraction of sp³-hybridized carbons (Fsp3) is 0.226. The number of rotatable bonds is 6. The van der Waals surface area contributed by atoms with Crippen LogP contribution in [-0.2, 0) is 12.8 Å². The lowest BCUT2D eigenvalue weighted by molar-refractivity contribution is 0.867. The standard InChI is InChI=1S/C31H32/c1-22(2)26-12-14-27(15-13-26)29-17-16-28(11-10-25-8-6-5-7-9-25)31(20-29)21-30-19-23(3)18-24(30)4/h5-9,12-17,20-22H,3-4,10-11,18-19H2,1-2H3/b30-21+. The summed E-state index contributed by atoms with van der Waals surface area (Å²) >= 11 is 0. The fourth-order valence-corrected chi connectivity index (χ4v) is 4.33. The van der Waals surface area contributed by atoms with Crippen LogP contribution in [0.3, 0.4) is 0 Å². The first-order chi connectivity index (χ1) is 15.0. The number of aryl methyl sites for hydroxylation is 2. The van der Waals surface area contributed by atoms with E-state index in [4.69, 9.17) is 0 Å². The molecule has 0 amide bonds. The van der Waals surface area contributed by atoms with Gasteiger partial charge in [-0.3, -0.25) is 0 Å².